The summed E-state index contributed by atoms with van der Waals surface area (Å²) in [5.41, 5.74) is 5.73. The first-order valence-electron chi connectivity index (χ1n) is 5.43. The number of carbonyl (C=O) groups excluding carboxylic acids is 1. The smallest absolute Gasteiger partial charge is 0.308 e. The van der Waals surface area contributed by atoms with E-state index in [-0.39, 0.29) is 18.4 Å². The summed E-state index contributed by atoms with van der Waals surface area (Å²) >= 11 is 0. The number of rotatable bonds is 5. The van der Waals surface area contributed by atoms with Crippen LogP contribution in [-0.4, -0.2) is 54.4 Å². The summed E-state index contributed by atoms with van der Waals surface area (Å²) in [6, 6.07) is 0.208. The molecule has 0 bridgehead atoms. The Kier molecular flexibility index (Phi) is 5.01. The van der Waals surface area contributed by atoms with Crippen LogP contribution in [0.2, 0.25) is 0 Å². The van der Waals surface area contributed by atoms with Gasteiger partial charge in [-0.05, 0) is 19.9 Å². The first-order chi connectivity index (χ1) is 7.11. The van der Waals surface area contributed by atoms with E-state index < -0.39 is 6.10 Å². The summed E-state index contributed by atoms with van der Waals surface area (Å²) in [4.78, 5) is 13.1. The Morgan fingerprint density at radius 3 is 3.00 bits per heavy atom. The molecule has 0 spiro atoms. The highest BCUT2D eigenvalue weighted by Gasteiger charge is 2.22. The van der Waals surface area contributed by atoms with E-state index in [2.05, 4.69) is 4.90 Å². The average molecular weight is 216 g/mol. The topological polar surface area (TPSA) is 75.8 Å². The first kappa shape index (κ1) is 12.4. The van der Waals surface area contributed by atoms with Crippen LogP contribution in [0.5, 0.6) is 0 Å². The van der Waals surface area contributed by atoms with Crippen molar-refractivity contribution in [3.8, 4) is 0 Å². The summed E-state index contributed by atoms with van der Waals surface area (Å²) in [7, 11) is 0. The van der Waals surface area contributed by atoms with Gasteiger partial charge in [-0.3, -0.25) is 9.69 Å². The number of β-amino-alcohol motifs (C(OH)–C–C–N with tert-alkyl or cyclic N) is 1. The van der Waals surface area contributed by atoms with Crippen LogP contribution in [0.25, 0.3) is 0 Å². The molecule has 0 radical (unpaired) electrons. The first-order valence-corrected chi connectivity index (χ1v) is 5.43. The van der Waals surface area contributed by atoms with Crippen molar-refractivity contribution < 1.29 is 14.6 Å². The fourth-order valence-electron chi connectivity index (χ4n) is 1.80. The van der Waals surface area contributed by atoms with Crippen molar-refractivity contribution in [1.29, 1.82) is 0 Å². The van der Waals surface area contributed by atoms with Crippen molar-refractivity contribution in [2.45, 2.75) is 31.9 Å². The Morgan fingerprint density at radius 2 is 2.47 bits per heavy atom. The minimum absolute atomic E-state index is 0.0690. The van der Waals surface area contributed by atoms with E-state index in [1.807, 2.05) is 0 Å². The predicted octanol–water partition coefficient (Wildman–Crippen LogP) is -0.666. The van der Waals surface area contributed by atoms with Crippen LogP contribution in [0.3, 0.4) is 0 Å². The molecule has 0 aromatic carbocycles. The fourth-order valence-corrected chi connectivity index (χ4v) is 1.80. The second kappa shape index (κ2) is 6.05. The third kappa shape index (κ3) is 4.59. The maximum absolute atomic E-state index is 11.1. The number of aliphatic hydroxyl groups excluding tert-OH is 1. The van der Waals surface area contributed by atoms with E-state index in [0.717, 1.165) is 19.5 Å². The van der Waals surface area contributed by atoms with Gasteiger partial charge in [0.1, 0.15) is 0 Å². The van der Waals surface area contributed by atoms with Crippen molar-refractivity contribution in [3.63, 3.8) is 0 Å². The molecule has 1 saturated heterocycles. The van der Waals surface area contributed by atoms with Gasteiger partial charge in [0.15, 0.2) is 0 Å². The van der Waals surface area contributed by atoms with Gasteiger partial charge in [0, 0.05) is 19.1 Å². The number of hydrogen-bond acceptors (Lipinski definition) is 5. The van der Waals surface area contributed by atoms with Crippen LogP contribution in [0.4, 0.5) is 0 Å². The van der Waals surface area contributed by atoms with Crippen LogP contribution in [-0.2, 0) is 9.53 Å². The zero-order valence-corrected chi connectivity index (χ0v) is 9.19. The molecule has 1 aliphatic heterocycles. The van der Waals surface area contributed by atoms with Gasteiger partial charge in [-0.25, -0.2) is 0 Å². The van der Waals surface area contributed by atoms with E-state index in [4.69, 9.17) is 10.5 Å². The Balaban J connectivity index is 2.18. The van der Waals surface area contributed by atoms with E-state index in [0.29, 0.717) is 13.2 Å². The number of nitrogens with zero attached hydrogens (tertiary/aromatic N) is 1. The molecule has 15 heavy (non-hydrogen) atoms. The molecule has 3 N–H and O–H groups in total. The average Bonchev–Trinajstić information content (AvgIpc) is 2.51. The third-order valence-corrected chi connectivity index (χ3v) is 2.49. The number of nitrogens with two attached hydrogens (primary N) is 1. The number of ether oxygens (including phenoxy) is 1. The summed E-state index contributed by atoms with van der Waals surface area (Å²) in [6.45, 7) is 4.33. The molecule has 1 rings (SSSR count). The summed E-state index contributed by atoms with van der Waals surface area (Å²) < 4.78 is 4.76. The van der Waals surface area contributed by atoms with Gasteiger partial charge in [0.05, 0.1) is 19.1 Å². The largest absolute Gasteiger partial charge is 0.466 e. The molecule has 5 nitrogen and oxygen atoms in total. The van der Waals surface area contributed by atoms with E-state index >= 15 is 0 Å². The highest BCUT2D eigenvalue weighted by atomic mass is 16.5. The zero-order chi connectivity index (χ0) is 11.3. The molecular weight excluding hydrogens is 196 g/mol. The van der Waals surface area contributed by atoms with Gasteiger partial charge in [0.2, 0.25) is 0 Å². The monoisotopic (exact) mass is 216 g/mol. The molecule has 5 heteroatoms. The Labute approximate surface area is 90.2 Å². The quantitative estimate of drug-likeness (QED) is 0.596. The van der Waals surface area contributed by atoms with Gasteiger partial charge in [-0.1, -0.05) is 0 Å². The van der Waals surface area contributed by atoms with Crippen molar-refractivity contribution >= 4 is 5.97 Å². The second-order valence-electron chi connectivity index (χ2n) is 3.97. The van der Waals surface area contributed by atoms with Gasteiger partial charge >= 0.3 is 5.97 Å². The Bertz CT molecular complexity index is 211. The van der Waals surface area contributed by atoms with Crippen LogP contribution in [0, 0.1) is 0 Å². The third-order valence-electron chi connectivity index (χ3n) is 2.49. The molecule has 1 fully saturated rings. The maximum atomic E-state index is 11.1. The Morgan fingerprint density at radius 1 is 1.73 bits per heavy atom. The minimum atomic E-state index is -0.644. The van der Waals surface area contributed by atoms with Crippen LogP contribution >= 0.6 is 0 Å². The van der Waals surface area contributed by atoms with Gasteiger partial charge < -0.3 is 15.6 Å². The van der Waals surface area contributed by atoms with Crippen molar-refractivity contribution in [3.05, 3.63) is 0 Å². The summed E-state index contributed by atoms with van der Waals surface area (Å²) in [6.07, 6.45) is 0.389. The van der Waals surface area contributed by atoms with Crippen molar-refractivity contribution in [1.82, 2.24) is 4.90 Å². The van der Waals surface area contributed by atoms with E-state index in [1.165, 1.54) is 0 Å². The molecule has 2 unspecified atom stereocenters. The number of esters is 1. The number of hydrogen-bond donors (Lipinski definition) is 2. The highest BCUT2D eigenvalue weighted by molar-refractivity contribution is 5.69. The van der Waals surface area contributed by atoms with Gasteiger partial charge in [-0.2, -0.15) is 0 Å². The second-order valence-corrected chi connectivity index (χ2v) is 3.97. The van der Waals surface area contributed by atoms with Gasteiger partial charge in [-0.15, -0.1) is 0 Å². The molecule has 0 aromatic rings. The zero-order valence-electron chi connectivity index (χ0n) is 9.19. The maximum Gasteiger partial charge on any atom is 0.308 e. The highest BCUT2D eigenvalue weighted by Crippen LogP contribution is 2.08. The molecule has 1 aliphatic rings. The molecule has 1 heterocycles. The number of likely N-dealkylation sites (tertiary alicyclic amines) is 1. The molecule has 2 atom stereocenters. The lowest BCUT2D eigenvalue weighted by Gasteiger charge is -2.18. The molecule has 88 valence electrons. The van der Waals surface area contributed by atoms with Crippen LogP contribution < -0.4 is 5.73 Å². The lowest BCUT2D eigenvalue weighted by Crippen LogP contribution is -2.34. The van der Waals surface area contributed by atoms with Gasteiger partial charge in [0.25, 0.3) is 0 Å². The molecular formula is C10H20N2O3. The normalized spacial score (nSPS) is 24.1. The standard InChI is InChI=1S/C10H20N2O3/c1-2-15-10(14)5-9(13)7-12-4-3-8(11)6-12/h8-9,13H,2-7,11H2,1H3. The summed E-state index contributed by atoms with van der Waals surface area (Å²) in [5, 5.41) is 9.61. The van der Waals surface area contributed by atoms with Crippen molar-refractivity contribution in [2.24, 2.45) is 5.73 Å². The number of aliphatic hydroxyl groups is 1. The minimum Gasteiger partial charge on any atom is -0.466 e. The molecule has 0 aromatic heterocycles. The van der Waals surface area contributed by atoms with E-state index in [1.54, 1.807) is 6.92 Å². The lowest BCUT2D eigenvalue weighted by atomic mass is 10.2. The molecule has 0 saturated carbocycles. The predicted molar refractivity (Wildman–Crippen MR) is 56.3 cm³/mol. The Hall–Kier alpha value is -0.650. The molecule has 0 aliphatic carbocycles. The lowest BCUT2D eigenvalue weighted by molar-refractivity contribution is -0.145. The molecule has 0 amide bonds. The number of carbonyl (C=O) groups is 1. The SMILES string of the molecule is CCOC(=O)CC(O)CN1CCC(N)C1. The van der Waals surface area contributed by atoms with E-state index in [9.17, 15) is 9.90 Å². The van der Waals surface area contributed by atoms with Crippen LogP contribution in [0.15, 0.2) is 0 Å². The van der Waals surface area contributed by atoms with Crippen molar-refractivity contribution in [2.75, 3.05) is 26.2 Å². The van der Waals surface area contributed by atoms with Crippen LogP contribution in [0.1, 0.15) is 19.8 Å². The summed E-state index contributed by atoms with van der Waals surface area (Å²) in [5.74, 6) is -0.339. The fraction of sp³-hybridized carbons (Fsp3) is 0.900.